The van der Waals surface area contributed by atoms with Crippen LogP contribution in [0, 0.1) is 5.92 Å². The van der Waals surface area contributed by atoms with Crippen molar-refractivity contribution in [3.05, 3.63) is 107 Å². The maximum absolute atomic E-state index is 13.0. The predicted molar refractivity (Wildman–Crippen MR) is 113 cm³/mol. The highest BCUT2D eigenvalue weighted by molar-refractivity contribution is 6.30. The summed E-state index contributed by atoms with van der Waals surface area (Å²) >= 11 is 6.12. The highest BCUT2D eigenvalue weighted by Gasteiger charge is 2.41. The number of benzene rings is 3. The molecule has 0 saturated carbocycles. The van der Waals surface area contributed by atoms with Crippen LogP contribution < -0.4 is 5.73 Å². The number of hydrogen-bond donors (Lipinski definition) is 1. The first kappa shape index (κ1) is 20.1. The van der Waals surface area contributed by atoms with E-state index in [0.717, 1.165) is 16.7 Å². The molecule has 0 aliphatic rings. The number of carbonyl (C=O) groups excluding carboxylic acids is 1. The van der Waals surface area contributed by atoms with Crippen molar-refractivity contribution in [2.45, 2.75) is 25.5 Å². The molecule has 0 amide bonds. The van der Waals surface area contributed by atoms with Crippen LogP contribution in [-0.2, 0) is 15.1 Å². The van der Waals surface area contributed by atoms with E-state index in [9.17, 15) is 4.79 Å². The number of rotatable bonds is 6. The van der Waals surface area contributed by atoms with Crippen molar-refractivity contribution in [3.8, 4) is 0 Å². The molecule has 0 fully saturated rings. The van der Waals surface area contributed by atoms with Gasteiger partial charge in [0.2, 0.25) is 0 Å². The second-order valence-corrected chi connectivity index (χ2v) is 7.55. The number of ether oxygens (including phenoxy) is 1. The summed E-state index contributed by atoms with van der Waals surface area (Å²) in [5, 5.41) is 0.615. The molecule has 0 aliphatic carbocycles. The average Bonchev–Trinajstić information content (AvgIpc) is 2.73. The topological polar surface area (TPSA) is 52.3 Å². The van der Waals surface area contributed by atoms with Crippen LogP contribution in [0.4, 0.5) is 0 Å². The average molecular weight is 394 g/mol. The van der Waals surface area contributed by atoms with Crippen LogP contribution in [0.5, 0.6) is 0 Å². The zero-order chi connectivity index (χ0) is 20.1. The van der Waals surface area contributed by atoms with Crippen molar-refractivity contribution in [2.75, 3.05) is 0 Å². The van der Waals surface area contributed by atoms with Crippen LogP contribution >= 0.6 is 11.6 Å². The Bertz CT molecular complexity index is 869. The molecule has 4 heteroatoms. The molecule has 0 aliphatic heterocycles. The van der Waals surface area contributed by atoms with Gasteiger partial charge in [-0.1, -0.05) is 98.2 Å². The van der Waals surface area contributed by atoms with Gasteiger partial charge < -0.3 is 10.5 Å². The zero-order valence-electron chi connectivity index (χ0n) is 16.0. The molecule has 0 saturated heterocycles. The minimum Gasteiger partial charge on any atom is -0.443 e. The van der Waals surface area contributed by atoms with Crippen LogP contribution in [0.25, 0.3) is 0 Å². The fourth-order valence-corrected chi connectivity index (χ4v) is 3.32. The summed E-state index contributed by atoms with van der Waals surface area (Å²) < 4.78 is 6.25. The first-order valence-corrected chi connectivity index (χ1v) is 9.68. The third-order valence-corrected chi connectivity index (χ3v) is 5.11. The molecule has 3 aromatic carbocycles. The van der Waals surface area contributed by atoms with Crippen LogP contribution in [0.15, 0.2) is 84.9 Å². The summed E-state index contributed by atoms with van der Waals surface area (Å²) in [5.41, 5.74) is 7.49. The maximum Gasteiger partial charge on any atom is 0.324 e. The van der Waals surface area contributed by atoms with Gasteiger partial charge in [-0.05, 0) is 18.1 Å². The molecule has 3 rings (SSSR count). The van der Waals surface area contributed by atoms with Gasteiger partial charge in [-0.3, -0.25) is 4.79 Å². The molecular weight excluding hydrogens is 370 g/mol. The van der Waals surface area contributed by atoms with E-state index >= 15 is 0 Å². The highest BCUT2D eigenvalue weighted by Crippen LogP contribution is 2.41. The van der Waals surface area contributed by atoms with E-state index in [4.69, 9.17) is 22.1 Å². The zero-order valence-corrected chi connectivity index (χ0v) is 16.8. The van der Waals surface area contributed by atoms with Crippen molar-refractivity contribution >= 4 is 17.6 Å². The van der Waals surface area contributed by atoms with Crippen molar-refractivity contribution < 1.29 is 9.53 Å². The summed E-state index contributed by atoms with van der Waals surface area (Å²) in [6.07, 6.45) is 0. The summed E-state index contributed by atoms with van der Waals surface area (Å²) in [7, 11) is 0. The quantitative estimate of drug-likeness (QED) is 0.465. The van der Waals surface area contributed by atoms with Crippen LogP contribution in [0.2, 0.25) is 5.02 Å². The molecule has 0 radical (unpaired) electrons. The van der Waals surface area contributed by atoms with Gasteiger partial charge in [0.15, 0.2) is 5.60 Å². The van der Waals surface area contributed by atoms with E-state index in [-0.39, 0.29) is 5.92 Å². The van der Waals surface area contributed by atoms with Gasteiger partial charge in [0.25, 0.3) is 0 Å². The van der Waals surface area contributed by atoms with Crippen LogP contribution in [0.3, 0.4) is 0 Å². The van der Waals surface area contributed by atoms with Crippen LogP contribution in [0.1, 0.15) is 30.5 Å². The lowest BCUT2D eigenvalue weighted by atomic mass is 9.80. The van der Waals surface area contributed by atoms with Gasteiger partial charge in [0.1, 0.15) is 6.04 Å². The lowest BCUT2D eigenvalue weighted by Gasteiger charge is -2.36. The van der Waals surface area contributed by atoms with Crippen molar-refractivity contribution in [3.63, 3.8) is 0 Å². The molecule has 1 atom stereocenters. The van der Waals surface area contributed by atoms with Gasteiger partial charge >= 0.3 is 5.97 Å². The Morgan fingerprint density at radius 1 is 0.821 bits per heavy atom. The SMILES string of the molecule is CC(C)C(N)C(=O)OC(c1ccccc1)(c1ccccc1)c1ccc(Cl)cc1. The Hall–Kier alpha value is -2.62. The first-order chi connectivity index (χ1) is 13.4. The standard InChI is InChI=1S/C24H24ClNO2/c1-17(2)22(26)23(27)28-24(18-9-5-3-6-10-18,19-11-7-4-8-12-19)20-13-15-21(25)16-14-20/h3-17,22H,26H2,1-2H3. The Labute approximate surface area is 171 Å². The first-order valence-electron chi connectivity index (χ1n) is 9.30. The second-order valence-electron chi connectivity index (χ2n) is 7.11. The van der Waals surface area contributed by atoms with E-state index in [1.165, 1.54) is 0 Å². The second kappa shape index (κ2) is 8.59. The van der Waals surface area contributed by atoms with Gasteiger partial charge in [-0.2, -0.15) is 0 Å². The van der Waals surface area contributed by atoms with Crippen LogP contribution in [-0.4, -0.2) is 12.0 Å². The molecule has 3 nitrogen and oxygen atoms in total. The van der Waals surface area contributed by atoms with E-state index < -0.39 is 17.6 Å². The smallest absolute Gasteiger partial charge is 0.324 e. The van der Waals surface area contributed by atoms with Crippen molar-refractivity contribution in [2.24, 2.45) is 11.7 Å². The van der Waals surface area contributed by atoms with E-state index in [1.807, 2.05) is 86.6 Å². The van der Waals surface area contributed by atoms with Gasteiger partial charge in [-0.25, -0.2) is 0 Å². The number of carbonyl (C=O) groups is 1. The monoisotopic (exact) mass is 393 g/mol. The fraction of sp³-hybridized carbons (Fsp3) is 0.208. The number of halogens is 1. The van der Waals surface area contributed by atoms with Crippen molar-refractivity contribution in [1.82, 2.24) is 0 Å². The van der Waals surface area contributed by atoms with Gasteiger partial charge in [-0.15, -0.1) is 0 Å². The van der Waals surface area contributed by atoms with E-state index in [2.05, 4.69) is 0 Å². The molecule has 1 unspecified atom stereocenters. The molecule has 3 aromatic rings. The van der Waals surface area contributed by atoms with E-state index in [1.54, 1.807) is 12.1 Å². The summed E-state index contributed by atoms with van der Waals surface area (Å²) in [6, 6.07) is 26.0. The summed E-state index contributed by atoms with van der Waals surface area (Å²) in [5.74, 6) is -0.486. The molecule has 0 heterocycles. The highest BCUT2D eigenvalue weighted by atomic mass is 35.5. The lowest BCUT2D eigenvalue weighted by molar-refractivity contribution is -0.156. The molecule has 0 spiro atoms. The van der Waals surface area contributed by atoms with Gasteiger partial charge in [0.05, 0.1) is 0 Å². The third kappa shape index (κ3) is 3.96. The Kier molecular flexibility index (Phi) is 6.18. The molecule has 28 heavy (non-hydrogen) atoms. The molecule has 0 aromatic heterocycles. The lowest BCUT2D eigenvalue weighted by Crippen LogP contribution is -2.44. The summed E-state index contributed by atoms with van der Waals surface area (Å²) in [4.78, 5) is 13.0. The third-order valence-electron chi connectivity index (χ3n) is 4.86. The predicted octanol–water partition coefficient (Wildman–Crippen LogP) is 5.16. The normalized spacial score (nSPS) is 12.6. The minimum absolute atomic E-state index is 0.0398. The summed E-state index contributed by atoms with van der Waals surface area (Å²) in [6.45, 7) is 3.81. The largest absolute Gasteiger partial charge is 0.443 e. The molecule has 0 bridgehead atoms. The number of esters is 1. The fourth-order valence-electron chi connectivity index (χ4n) is 3.20. The molecular formula is C24H24ClNO2. The number of hydrogen-bond acceptors (Lipinski definition) is 3. The Balaban J connectivity index is 2.26. The minimum atomic E-state index is -1.13. The molecule has 144 valence electrons. The van der Waals surface area contributed by atoms with E-state index in [0.29, 0.717) is 5.02 Å². The number of nitrogens with two attached hydrogens (primary N) is 1. The molecule has 2 N–H and O–H groups in total. The van der Waals surface area contributed by atoms with Crippen molar-refractivity contribution in [1.29, 1.82) is 0 Å². The Morgan fingerprint density at radius 2 is 1.25 bits per heavy atom. The van der Waals surface area contributed by atoms with Gasteiger partial charge in [0, 0.05) is 21.7 Å². The maximum atomic E-state index is 13.0. The Morgan fingerprint density at radius 3 is 1.68 bits per heavy atom.